The molecule has 3 aromatic rings. The van der Waals surface area contributed by atoms with Crippen molar-refractivity contribution < 1.29 is 5.11 Å². The Morgan fingerprint density at radius 2 is 2.06 bits per heavy atom. The first-order valence-corrected chi connectivity index (χ1v) is 10.4. The lowest BCUT2D eigenvalue weighted by molar-refractivity contribution is 0.212. The molecule has 0 saturated heterocycles. The van der Waals surface area contributed by atoms with Gasteiger partial charge in [0, 0.05) is 30.6 Å². The zero-order valence-corrected chi connectivity index (χ0v) is 18.6. The van der Waals surface area contributed by atoms with Crippen LogP contribution in [0.4, 0.5) is 11.8 Å². The predicted molar refractivity (Wildman–Crippen MR) is 124 cm³/mol. The third-order valence-electron chi connectivity index (χ3n) is 5.21. The fraction of sp³-hybridized carbons (Fsp3) is 0.455. The summed E-state index contributed by atoms with van der Waals surface area (Å²) in [5, 5.41) is 13.3. The monoisotopic (exact) mass is 425 g/mol. The lowest BCUT2D eigenvalue weighted by Gasteiger charge is -2.29. The van der Waals surface area contributed by atoms with Crippen LogP contribution in [-0.2, 0) is 6.54 Å². The maximum atomic E-state index is 12.0. The molecule has 0 fully saturated rings. The number of nitrogens with zero attached hydrogens (tertiary/aromatic N) is 4. The molecule has 0 bridgehead atoms. The van der Waals surface area contributed by atoms with Gasteiger partial charge in [0.25, 0.3) is 0 Å². The van der Waals surface area contributed by atoms with Gasteiger partial charge in [0.1, 0.15) is 5.52 Å². The Kier molecular flexibility index (Phi) is 6.87. The summed E-state index contributed by atoms with van der Waals surface area (Å²) < 4.78 is 0. The Morgan fingerprint density at radius 3 is 2.74 bits per heavy atom. The minimum Gasteiger partial charge on any atom is -0.394 e. The van der Waals surface area contributed by atoms with Crippen LogP contribution in [0.1, 0.15) is 38.7 Å². The second kappa shape index (κ2) is 9.40. The van der Waals surface area contributed by atoms with Crippen LogP contribution in [0.5, 0.6) is 0 Å². The van der Waals surface area contributed by atoms with Gasteiger partial charge in [-0.2, -0.15) is 4.98 Å². The van der Waals surface area contributed by atoms with E-state index in [1.165, 1.54) is 0 Å². The van der Waals surface area contributed by atoms with Crippen LogP contribution in [0.3, 0.4) is 0 Å². The number of aromatic nitrogens is 4. The smallest absolute Gasteiger partial charge is 0.248 e. The average Bonchev–Trinajstić information content (AvgIpc) is 2.72. The largest absolute Gasteiger partial charge is 0.394 e. The molecule has 3 rings (SSSR count). The van der Waals surface area contributed by atoms with E-state index in [-0.39, 0.29) is 18.1 Å². The quantitative estimate of drug-likeness (QED) is 0.411. The van der Waals surface area contributed by atoms with Gasteiger partial charge in [-0.1, -0.05) is 19.8 Å². The van der Waals surface area contributed by atoms with Crippen molar-refractivity contribution in [3.05, 3.63) is 40.4 Å². The summed E-state index contributed by atoms with van der Waals surface area (Å²) >= 11 is 0. The van der Waals surface area contributed by atoms with Crippen molar-refractivity contribution >= 4 is 22.8 Å². The number of pyridine rings is 2. The number of aliphatic hydroxyl groups excluding tert-OH is 1. The molecule has 1 atom stereocenters. The lowest BCUT2D eigenvalue weighted by Crippen LogP contribution is -2.39. The van der Waals surface area contributed by atoms with Gasteiger partial charge in [-0.3, -0.25) is 9.78 Å². The minimum absolute atomic E-state index is 0.0445. The van der Waals surface area contributed by atoms with E-state index in [0.717, 1.165) is 36.0 Å². The molecular weight excluding hydrogens is 394 g/mol. The number of fused-ring (bicyclic) bond motifs is 1. The number of aromatic amines is 1. The van der Waals surface area contributed by atoms with E-state index in [9.17, 15) is 9.90 Å². The third kappa shape index (κ3) is 5.36. The van der Waals surface area contributed by atoms with Crippen molar-refractivity contribution in [2.45, 2.75) is 45.2 Å². The Morgan fingerprint density at radius 1 is 1.29 bits per heavy atom. The molecule has 1 unspecified atom stereocenters. The Labute approximate surface area is 181 Å². The van der Waals surface area contributed by atoms with Gasteiger partial charge in [0.2, 0.25) is 11.5 Å². The number of hydrogen-bond donors (Lipinski definition) is 4. The maximum Gasteiger partial charge on any atom is 0.248 e. The van der Waals surface area contributed by atoms with E-state index in [1.54, 1.807) is 18.5 Å². The maximum absolute atomic E-state index is 12.0. The van der Waals surface area contributed by atoms with Gasteiger partial charge >= 0.3 is 0 Å². The number of nitrogens with one attached hydrogen (secondary N) is 2. The van der Waals surface area contributed by atoms with Crippen LogP contribution >= 0.6 is 0 Å². The van der Waals surface area contributed by atoms with Crippen molar-refractivity contribution in [1.29, 1.82) is 0 Å². The summed E-state index contributed by atoms with van der Waals surface area (Å²) in [4.78, 5) is 30.0. The number of rotatable bonds is 9. The van der Waals surface area contributed by atoms with Crippen molar-refractivity contribution in [2.24, 2.45) is 0 Å². The Bertz CT molecular complexity index is 1110. The first-order valence-electron chi connectivity index (χ1n) is 10.4. The van der Waals surface area contributed by atoms with Gasteiger partial charge in [0.15, 0.2) is 5.82 Å². The van der Waals surface area contributed by atoms with E-state index < -0.39 is 5.54 Å². The summed E-state index contributed by atoms with van der Waals surface area (Å²) in [7, 11) is 3.94. The molecule has 0 aliphatic rings. The van der Waals surface area contributed by atoms with E-state index in [1.807, 2.05) is 32.0 Å². The van der Waals surface area contributed by atoms with Crippen molar-refractivity contribution in [3.8, 4) is 11.1 Å². The fourth-order valence-corrected chi connectivity index (χ4v) is 3.55. The highest BCUT2D eigenvalue weighted by Gasteiger charge is 2.25. The van der Waals surface area contributed by atoms with Crippen LogP contribution in [-0.4, -0.2) is 56.2 Å². The van der Waals surface area contributed by atoms with Crippen LogP contribution in [0.2, 0.25) is 0 Å². The number of H-pyrrole nitrogens is 1. The van der Waals surface area contributed by atoms with Crippen LogP contribution < -0.4 is 16.6 Å². The molecule has 0 aliphatic carbocycles. The third-order valence-corrected chi connectivity index (χ3v) is 5.21. The molecule has 0 aliphatic heterocycles. The standard InChI is InChI=1S/C22H31N7O2/c1-5-6-7-22(2,13-30)28-20-19-17(26-21(23)27-20)8-14(10-25-19)16-9-18(31)24-11-15(16)12-29(3)4/h8-11,30H,5-7,12-13H2,1-4H3,(H,24,31)(H3,23,26,27,28). The highest BCUT2D eigenvalue weighted by Crippen LogP contribution is 2.29. The fourth-order valence-electron chi connectivity index (χ4n) is 3.55. The SMILES string of the molecule is CCCCC(C)(CO)Nc1nc(N)nc2cc(-c3cc(=O)[nH]cc3CN(C)C)cnc12. The number of nitrogen functional groups attached to an aromatic ring is 1. The Hall–Kier alpha value is -3.04. The molecule has 9 heteroatoms. The summed E-state index contributed by atoms with van der Waals surface area (Å²) in [6.45, 7) is 4.68. The van der Waals surface area contributed by atoms with Gasteiger partial charge in [-0.05, 0) is 44.6 Å². The number of unbranched alkanes of at least 4 members (excludes halogenated alkanes) is 1. The molecule has 166 valence electrons. The predicted octanol–water partition coefficient (Wildman–Crippen LogP) is 2.38. The summed E-state index contributed by atoms with van der Waals surface area (Å²) in [6.07, 6.45) is 6.21. The van der Waals surface area contributed by atoms with Crippen LogP contribution in [0.15, 0.2) is 29.3 Å². The molecular formula is C22H31N7O2. The van der Waals surface area contributed by atoms with E-state index in [2.05, 4.69) is 32.2 Å². The molecule has 0 radical (unpaired) electrons. The second-order valence-corrected chi connectivity index (χ2v) is 8.44. The molecule has 5 N–H and O–H groups in total. The van der Waals surface area contributed by atoms with E-state index >= 15 is 0 Å². The van der Waals surface area contributed by atoms with Gasteiger partial charge in [-0.25, -0.2) is 4.98 Å². The number of hydrogen-bond acceptors (Lipinski definition) is 8. The molecule has 31 heavy (non-hydrogen) atoms. The van der Waals surface area contributed by atoms with Crippen molar-refractivity contribution in [2.75, 3.05) is 31.8 Å². The number of anilines is 2. The average molecular weight is 426 g/mol. The second-order valence-electron chi connectivity index (χ2n) is 8.44. The van der Waals surface area contributed by atoms with E-state index in [4.69, 9.17) is 5.73 Å². The van der Waals surface area contributed by atoms with Crippen molar-refractivity contribution in [1.82, 2.24) is 24.8 Å². The van der Waals surface area contributed by atoms with Crippen molar-refractivity contribution in [3.63, 3.8) is 0 Å². The Balaban J connectivity index is 2.07. The summed E-state index contributed by atoms with van der Waals surface area (Å²) in [5.41, 5.74) is 8.92. The highest BCUT2D eigenvalue weighted by molar-refractivity contribution is 5.89. The first kappa shape index (κ1) is 22.6. The lowest BCUT2D eigenvalue weighted by atomic mass is 9.96. The molecule has 0 amide bonds. The van der Waals surface area contributed by atoms with Crippen LogP contribution in [0, 0.1) is 0 Å². The summed E-state index contributed by atoms with van der Waals surface area (Å²) in [5.74, 6) is 0.602. The van der Waals surface area contributed by atoms with Gasteiger partial charge in [0.05, 0.1) is 17.7 Å². The molecule has 3 heterocycles. The van der Waals surface area contributed by atoms with Crippen LogP contribution in [0.25, 0.3) is 22.2 Å². The summed E-state index contributed by atoms with van der Waals surface area (Å²) in [6, 6.07) is 3.43. The van der Waals surface area contributed by atoms with Gasteiger partial charge in [-0.15, -0.1) is 0 Å². The minimum atomic E-state index is -0.546. The zero-order valence-electron chi connectivity index (χ0n) is 18.6. The normalized spacial score (nSPS) is 13.5. The molecule has 0 spiro atoms. The topological polar surface area (TPSA) is 133 Å². The molecule has 3 aromatic heterocycles. The van der Waals surface area contributed by atoms with Gasteiger partial charge < -0.3 is 26.0 Å². The first-order chi connectivity index (χ1) is 14.7. The zero-order chi connectivity index (χ0) is 22.6. The number of nitrogens with two attached hydrogens (primary N) is 1. The molecule has 0 aromatic carbocycles. The van der Waals surface area contributed by atoms with E-state index in [0.29, 0.717) is 23.4 Å². The molecule has 0 saturated carbocycles. The highest BCUT2D eigenvalue weighted by atomic mass is 16.3. The molecule has 9 nitrogen and oxygen atoms in total. The number of aliphatic hydroxyl groups is 1.